The van der Waals surface area contributed by atoms with Crippen molar-refractivity contribution in [2.45, 2.75) is 33.6 Å². The first-order valence-electron chi connectivity index (χ1n) is 4.29. The highest BCUT2D eigenvalue weighted by Gasteiger charge is 2.08. The lowest BCUT2D eigenvalue weighted by Crippen LogP contribution is -2.07. The molecule has 1 unspecified atom stereocenters. The Morgan fingerprint density at radius 1 is 1.58 bits per heavy atom. The van der Waals surface area contributed by atoms with Crippen molar-refractivity contribution < 1.29 is 4.79 Å². The highest BCUT2D eigenvalue weighted by Crippen LogP contribution is 2.17. The first-order chi connectivity index (χ1) is 5.57. The predicted octanol–water partition coefficient (Wildman–Crippen LogP) is 3.68. The van der Waals surface area contributed by atoms with Gasteiger partial charge in [0.05, 0.1) is 0 Å². The molecule has 0 fully saturated rings. The highest BCUT2D eigenvalue weighted by atomic mass is 127. The number of carbonyl (C=O) groups excluding carboxylic acids is 1. The second kappa shape index (κ2) is 6.57. The second-order valence-corrected chi connectivity index (χ2v) is 4.14. The summed E-state index contributed by atoms with van der Waals surface area (Å²) in [5.74, 6) is 1.33. The van der Waals surface area contributed by atoms with Crippen molar-refractivity contribution in [1.29, 1.82) is 0 Å². The molecule has 3 heteroatoms. The lowest BCUT2D eigenvalue weighted by molar-refractivity contribution is 0.269. The first-order valence-corrected chi connectivity index (χ1v) is 5.37. The van der Waals surface area contributed by atoms with Gasteiger partial charge in [0.15, 0.2) is 0 Å². The SMILES string of the molecule is CCC(CC=NC(=O)I)C(C)C. The van der Waals surface area contributed by atoms with Gasteiger partial charge in [-0.2, -0.15) is 0 Å². The molecule has 12 heavy (non-hydrogen) atoms. The van der Waals surface area contributed by atoms with Gasteiger partial charge >= 0.3 is 3.91 Å². The van der Waals surface area contributed by atoms with E-state index in [1.165, 1.54) is 0 Å². The third-order valence-corrected chi connectivity index (χ3v) is 2.35. The molecule has 70 valence electrons. The molecular weight excluding hydrogens is 265 g/mol. The van der Waals surface area contributed by atoms with Gasteiger partial charge in [0, 0.05) is 28.8 Å². The van der Waals surface area contributed by atoms with Crippen LogP contribution in [0.15, 0.2) is 4.99 Å². The van der Waals surface area contributed by atoms with E-state index < -0.39 is 0 Å². The molecule has 0 saturated carbocycles. The van der Waals surface area contributed by atoms with E-state index in [1.54, 1.807) is 28.8 Å². The monoisotopic (exact) mass is 281 g/mol. The molecule has 0 aromatic rings. The van der Waals surface area contributed by atoms with Crippen LogP contribution in [0.25, 0.3) is 0 Å². The predicted molar refractivity (Wildman–Crippen MR) is 61.1 cm³/mol. The molecule has 2 nitrogen and oxygen atoms in total. The third kappa shape index (κ3) is 5.69. The standard InChI is InChI=1S/C9H16INO/c1-4-8(7(2)3)5-6-11-9(10)12/h6-8H,4-5H2,1-3H3. The Labute approximate surface area is 88.0 Å². The quantitative estimate of drug-likeness (QED) is 0.334. The minimum Gasteiger partial charge on any atom is -0.260 e. The molecule has 0 spiro atoms. The van der Waals surface area contributed by atoms with Crippen LogP contribution in [0.2, 0.25) is 0 Å². The largest absolute Gasteiger partial charge is 0.305 e. The molecule has 1 amide bonds. The zero-order valence-corrected chi connectivity index (χ0v) is 10.0. The molecule has 0 N–H and O–H groups in total. The van der Waals surface area contributed by atoms with E-state index >= 15 is 0 Å². The van der Waals surface area contributed by atoms with Gasteiger partial charge in [0.1, 0.15) is 0 Å². The van der Waals surface area contributed by atoms with Crippen LogP contribution in [0.1, 0.15) is 33.6 Å². The Balaban J connectivity index is 3.80. The summed E-state index contributed by atoms with van der Waals surface area (Å²) in [6, 6.07) is 0. The van der Waals surface area contributed by atoms with Crippen molar-refractivity contribution >= 4 is 32.7 Å². The van der Waals surface area contributed by atoms with Crippen LogP contribution in [-0.4, -0.2) is 10.1 Å². The Morgan fingerprint density at radius 3 is 2.50 bits per heavy atom. The molecule has 0 aliphatic carbocycles. The maximum Gasteiger partial charge on any atom is 0.305 e. The fraction of sp³-hybridized carbons (Fsp3) is 0.778. The van der Waals surface area contributed by atoms with Gasteiger partial charge in [0.2, 0.25) is 0 Å². The Hall–Kier alpha value is 0.0700. The molecule has 0 aliphatic heterocycles. The fourth-order valence-electron chi connectivity index (χ4n) is 1.17. The molecule has 0 aromatic heterocycles. The van der Waals surface area contributed by atoms with Crippen LogP contribution >= 0.6 is 22.6 Å². The number of rotatable bonds is 4. The summed E-state index contributed by atoms with van der Waals surface area (Å²) in [6.07, 6.45) is 3.81. The van der Waals surface area contributed by atoms with Crippen molar-refractivity contribution in [1.82, 2.24) is 0 Å². The molecule has 0 rings (SSSR count). The number of amides is 1. The zero-order chi connectivity index (χ0) is 9.56. The average Bonchev–Trinajstić information content (AvgIpc) is 1.96. The van der Waals surface area contributed by atoms with Crippen LogP contribution < -0.4 is 0 Å². The molecule has 0 radical (unpaired) electrons. The number of aliphatic imine (C=N–C) groups is 1. The molecule has 1 atom stereocenters. The van der Waals surface area contributed by atoms with Crippen molar-refractivity contribution in [2.24, 2.45) is 16.8 Å². The summed E-state index contributed by atoms with van der Waals surface area (Å²) in [5, 5.41) is 0. The van der Waals surface area contributed by atoms with E-state index in [0.29, 0.717) is 11.8 Å². The van der Waals surface area contributed by atoms with Gasteiger partial charge in [-0.05, 0) is 18.3 Å². The lowest BCUT2D eigenvalue weighted by atomic mass is 9.91. The molecular formula is C9H16INO. The minimum atomic E-state index is -0.133. The van der Waals surface area contributed by atoms with E-state index in [-0.39, 0.29) is 3.91 Å². The Morgan fingerprint density at radius 2 is 2.17 bits per heavy atom. The maximum absolute atomic E-state index is 10.5. The second-order valence-electron chi connectivity index (χ2n) is 3.21. The number of carbonyl (C=O) groups is 1. The van der Waals surface area contributed by atoms with Crippen LogP contribution in [0.3, 0.4) is 0 Å². The van der Waals surface area contributed by atoms with Crippen LogP contribution in [-0.2, 0) is 0 Å². The van der Waals surface area contributed by atoms with Gasteiger partial charge in [-0.3, -0.25) is 4.79 Å². The lowest BCUT2D eigenvalue weighted by Gasteiger charge is -2.15. The van der Waals surface area contributed by atoms with Crippen LogP contribution in [0.5, 0.6) is 0 Å². The van der Waals surface area contributed by atoms with E-state index in [1.807, 2.05) is 0 Å². The number of nitrogens with zero attached hydrogens (tertiary/aromatic N) is 1. The molecule has 0 saturated heterocycles. The summed E-state index contributed by atoms with van der Waals surface area (Å²) in [6.45, 7) is 6.58. The molecule has 0 aliphatic rings. The van der Waals surface area contributed by atoms with Gasteiger partial charge in [-0.15, -0.1) is 0 Å². The minimum absolute atomic E-state index is 0.133. The maximum atomic E-state index is 10.5. The van der Waals surface area contributed by atoms with E-state index in [0.717, 1.165) is 12.8 Å². The van der Waals surface area contributed by atoms with Crippen molar-refractivity contribution in [2.75, 3.05) is 0 Å². The van der Waals surface area contributed by atoms with Gasteiger partial charge in [-0.1, -0.05) is 27.2 Å². The molecule has 0 bridgehead atoms. The average molecular weight is 281 g/mol. The van der Waals surface area contributed by atoms with E-state index in [9.17, 15) is 4.79 Å². The fourth-order valence-corrected chi connectivity index (χ4v) is 1.37. The van der Waals surface area contributed by atoms with E-state index in [2.05, 4.69) is 25.8 Å². The summed E-state index contributed by atoms with van der Waals surface area (Å²) in [7, 11) is 0. The van der Waals surface area contributed by atoms with E-state index in [4.69, 9.17) is 0 Å². The molecule has 0 aromatic carbocycles. The van der Waals surface area contributed by atoms with Crippen LogP contribution in [0.4, 0.5) is 4.79 Å². The van der Waals surface area contributed by atoms with Gasteiger partial charge in [-0.25, -0.2) is 4.99 Å². The van der Waals surface area contributed by atoms with Gasteiger partial charge < -0.3 is 0 Å². The topological polar surface area (TPSA) is 29.4 Å². The van der Waals surface area contributed by atoms with Crippen molar-refractivity contribution in [3.05, 3.63) is 0 Å². The van der Waals surface area contributed by atoms with Crippen molar-refractivity contribution in [3.63, 3.8) is 0 Å². The summed E-state index contributed by atoms with van der Waals surface area (Å²) in [4.78, 5) is 14.2. The number of hydrogen-bond acceptors (Lipinski definition) is 1. The normalized spacial score (nSPS) is 14.1. The highest BCUT2D eigenvalue weighted by molar-refractivity contribution is 14.1. The number of hydrogen-bond donors (Lipinski definition) is 0. The van der Waals surface area contributed by atoms with Crippen LogP contribution in [0, 0.1) is 11.8 Å². The third-order valence-electron chi connectivity index (χ3n) is 2.07. The molecule has 0 heterocycles. The first kappa shape index (κ1) is 12.1. The Bertz CT molecular complexity index is 166. The Kier molecular flexibility index (Phi) is 6.61. The zero-order valence-electron chi connectivity index (χ0n) is 7.88. The van der Waals surface area contributed by atoms with Gasteiger partial charge in [0.25, 0.3) is 0 Å². The smallest absolute Gasteiger partial charge is 0.260 e. The van der Waals surface area contributed by atoms with Crippen molar-refractivity contribution in [3.8, 4) is 0 Å². The summed E-state index contributed by atoms with van der Waals surface area (Å²) < 4.78 is -0.133. The summed E-state index contributed by atoms with van der Waals surface area (Å²) >= 11 is 1.68. The number of halogens is 1. The summed E-state index contributed by atoms with van der Waals surface area (Å²) in [5.41, 5.74) is 0.